The van der Waals surface area contributed by atoms with Gasteiger partial charge in [-0.05, 0) is 48.4 Å². The van der Waals surface area contributed by atoms with Crippen LogP contribution in [0.25, 0.3) is 0 Å². The smallest absolute Gasteiger partial charge is 0.368 e. The number of amides is 1. The summed E-state index contributed by atoms with van der Waals surface area (Å²) in [5.74, 6) is 0.815. The second-order valence-corrected chi connectivity index (χ2v) is 8.70. The number of hydrogen-bond acceptors (Lipinski definition) is 3. The highest BCUT2D eigenvalue weighted by Gasteiger charge is 2.40. The summed E-state index contributed by atoms with van der Waals surface area (Å²) in [5, 5.41) is 3.05. The summed E-state index contributed by atoms with van der Waals surface area (Å²) in [6.07, 6.45) is 0.0711. The first-order valence-electron chi connectivity index (χ1n) is 9.61. The number of hydrogen-bond donors (Lipinski definition) is 1. The van der Waals surface area contributed by atoms with E-state index in [9.17, 15) is 18.0 Å². The molecular formula is C21H21BrF3N3O. The Hall–Kier alpha value is -2.09. The van der Waals surface area contributed by atoms with Crippen molar-refractivity contribution in [2.75, 3.05) is 18.0 Å². The third kappa shape index (κ3) is 4.91. The van der Waals surface area contributed by atoms with Crippen LogP contribution in [0.15, 0.2) is 47.2 Å². The fourth-order valence-corrected chi connectivity index (χ4v) is 4.25. The van der Waals surface area contributed by atoms with E-state index in [1.807, 2.05) is 17.0 Å². The molecule has 1 aliphatic carbocycles. The summed E-state index contributed by atoms with van der Waals surface area (Å²) in [5.41, 5.74) is 0.944. The molecule has 0 unspecified atom stereocenters. The number of carbonyl (C=O) groups is 1. The van der Waals surface area contributed by atoms with Crippen LogP contribution >= 0.6 is 15.9 Å². The quantitative estimate of drug-likeness (QED) is 0.689. The minimum atomic E-state index is -4.41. The lowest BCUT2D eigenvalue weighted by Gasteiger charge is -2.20. The summed E-state index contributed by atoms with van der Waals surface area (Å²) in [4.78, 5) is 18.0. The summed E-state index contributed by atoms with van der Waals surface area (Å²) >= 11 is 3.43. The predicted octanol–water partition coefficient (Wildman–Crippen LogP) is 4.75. The van der Waals surface area contributed by atoms with Gasteiger partial charge in [0, 0.05) is 36.2 Å². The van der Waals surface area contributed by atoms with Gasteiger partial charge in [0.2, 0.25) is 5.91 Å². The topological polar surface area (TPSA) is 45.2 Å². The van der Waals surface area contributed by atoms with Crippen molar-refractivity contribution >= 4 is 27.5 Å². The van der Waals surface area contributed by atoms with Crippen molar-refractivity contribution < 1.29 is 18.0 Å². The highest BCUT2D eigenvalue weighted by molar-refractivity contribution is 9.10. The first-order valence-corrected chi connectivity index (χ1v) is 10.4. The lowest BCUT2D eigenvalue weighted by atomic mass is 10.1. The van der Waals surface area contributed by atoms with E-state index in [-0.39, 0.29) is 11.9 Å². The van der Waals surface area contributed by atoms with Crippen molar-refractivity contribution in [3.8, 4) is 0 Å². The Labute approximate surface area is 175 Å². The average molecular weight is 468 g/mol. The average Bonchev–Trinajstić information content (AvgIpc) is 3.27. The molecule has 1 aromatic carbocycles. The fourth-order valence-electron chi connectivity index (χ4n) is 3.98. The van der Waals surface area contributed by atoms with Gasteiger partial charge in [0.05, 0.1) is 17.4 Å². The zero-order chi connectivity index (χ0) is 20.6. The molecule has 0 bridgehead atoms. The molecule has 0 spiro atoms. The van der Waals surface area contributed by atoms with E-state index in [0.29, 0.717) is 43.5 Å². The standard InChI is InChI=1S/C21H21BrF3N3O/c22-16-3-1-13(2-4-16)19-7-14(19)8-20(29)27-17-5-6-28(12-17)18-9-15(10-26-11-18)21(23,24)25/h1-4,9-11,14,17,19H,5-8,12H2,(H,27,29)/t14-,17+,19+/m0/s1. The number of rotatable bonds is 5. The maximum Gasteiger partial charge on any atom is 0.417 e. The normalized spacial score (nSPS) is 23.9. The van der Waals surface area contributed by atoms with Crippen molar-refractivity contribution in [1.82, 2.24) is 10.3 Å². The Bertz CT molecular complexity index is 887. The van der Waals surface area contributed by atoms with E-state index in [0.717, 1.165) is 23.2 Å². The van der Waals surface area contributed by atoms with E-state index in [2.05, 4.69) is 38.4 Å². The zero-order valence-corrected chi connectivity index (χ0v) is 17.2. The summed E-state index contributed by atoms with van der Waals surface area (Å²) in [6, 6.07) is 9.27. The van der Waals surface area contributed by atoms with Gasteiger partial charge in [-0.1, -0.05) is 28.1 Å². The molecule has 1 amide bonds. The van der Waals surface area contributed by atoms with Crippen LogP contribution in [0.2, 0.25) is 0 Å². The third-order valence-electron chi connectivity index (χ3n) is 5.64. The Morgan fingerprint density at radius 2 is 2.00 bits per heavy atom. The van der Waals surface area contributed by atoms with Crippen molar-refractivity contribution in [1.29, 1.82) is 0 Å². The van der Waals surface area contributed by atoms with Gasteiger partial charge >= 0.3 is 6.18 Å². The van der Waals surface area contributed by atoms with Gasteiger partial charge in [-0.3, -0.25) is 9.78 Å². The highest BCUT2D eigenvalue weighted by atomic mass is 79.9. The maximum atomic E-state index is 12.9. The number of carbonyl (C=O) groups excluding carboxylic acids is 1. The monoisotopic (exact) mass is 467 g/mol. The van der Waals surface area contributed by atoms with Crippen molar-refractivity contribution in [2.45, 2.75) is 37.4 Å². The summed E-state index contributed by atoms with van der Waals surface area (Å²) in [6.45, 7) is 1.09. The molecule has 1 N–H and O–H groups in total. The molecular weight excluding hydrogens is 447 g/mol. The molecule has 2 aromatic rings. The minimum Gasteiger partial charge on any atom is -0.368 e. The highest BCUT2D eigenvalue weighted by Crippen LogP contribution is 2.49. The number of pyridine rings is 1. The molecule has 2 fully saturated rings. The molecule has 1 saturated carbocycles. The van der Waals surface area contributed by atoms with Crippen LogP contribution in [-0.2, 0) is 11.0 Å². The van der Waals surface area contributed by atoms with E-state index in [4.69, 9.17) is 0 Å². The third-order valence-corrected chi connectivity index (χ3v) is 6.17. The van der Waals surface area contributed by atoms with Crippen LogP contribution in [-0.4, -0.2) is 30.0 Å². The molecule has 154 valence electrons. The summed E-state index contributed by atoms with van der Waals surface area (Å²) < 4.78 is 39.7. The zero-order valence-electron chi connectivity index (χ0n) is 15.6. The van der Waals surface area contributed by atoms with Gasteiger partial charge in [-0.15, -0.1) is 0 Å². The van der Waals surface area contributed by atoms with Crippen LogP contribution in [0, 0.1) is 5.92 Å². The van der Waals surface area contributed by atoms with Crippen LogP contribution in [0.3, 0.4) is 0 Å². The summed E-state index contributed by atoms with van der Waals surface area (Å²) in [7, 11) is 0. The van der Waals surface area contributed by atoms with Crippen molar-refractivity contribution in [3.05, 3.63) is 58.3 Å². The Morgan fingerprint density at radius 1 is 1.24 bits per heavy atom. The molecule has 29 heavy (non-hydrogen) atoms. The van der Waals surface area contributed by atoms with E-state index in [1.54, 1.807) is 0 Å². The molecule has 2 heterocycles. The molecule has 4 nitrogen and oxygen atoms in total. The van der Waals surface area contributed by atoms with Crippen LogP contribution in [0.4, 0.5) is 18.9 Å². The fraction of sp³-hybridized carbons (Fsp3) is 0.429. The lowest BCUT2D eigenvalue weighted by Crippen LogP contribution is -2.37. The number of nitrogens with one attached hydrogen (secondary N) is 1. The van der Waals surface area contributed by atoms with Gasteiger partial charge in [0.15, 0.2) is 0 Å². The molecule has 1 saturated heterocycles. The van der Waals surface area contributed by atoms with Gasteiger partial charge < -0.3 is 10.2 Å². The van der Waals surface area contributed by atoms with Crippen LogP contribution < -0.4 is 10.2 Å². The molecule has 2 aliphatic rings. The second kappa shape index (κ2) is 7.97. The second-order valence-electron chi connectivity index (χ2n) is 7.79. The van der Waals surface area contributed by atoms with E-state index < -0.39 is 11.7 Å². The molecule has 0 radical (unpaired) electrons. The predicted molar refractivity (Wildman–Crippen MR) is 108 cm³/mol. The number of benzene rings is 1. The maximum absolute atomic E-state index is 12.9. The first-order chi connectivity index (χ1) is 13.8. The van der Waals surface area contributed by atoms with Crippen molar-refractivity contribution in [2.24, 2.45) is 5.92 Å². The van der Waals surface area contributed by atoms with Crippen LogP contribution in [0.5, 0.6) is 0 Å². The lowest BCUT2D eigenvalue weighted by molar-refractivity contribution is -0.137. The molecule has 4 rings (SSSR count). The first kappa shape index (κ1) is 20.2. The molecule has 3 atom stereocenters. The van der Waals surface area contributed by atoms with Gasteiger partial charge in [0.1, 0.15) is 0 Å². The van der Waals surface area contributed by atoms with Gasteiger partial charge in [-0.25, -0.2) is 0 Å². The Balaban J connectivity index is 1.27. The minimum absolute atomic E-state index is 0.0172. The van der Waals surface area contributed by atoms with Crippen LogP contribution in [0.1, 0.15) is 36.3 Å². The van der Waals surface area contributed by atoms with Gasteiger partial charge in [0.25, 0.3) is 0 Å². The molecule has 1 aliphatic heterocycles. The van der Waals surface area contributed by atoms with Crippen molar-refractivity contribution in [3.63, 3.8) is 0 Å². The molecule has 1 aromatic heterocycles. The van der Waals surface area contributed by atoms with E-state index in [1.165, 1.54) is 11.8 Å². The number of anilines is 1. The number of nitrogens with zero attached hydrogens (tertiary/aromatic N) is 2. The molecule has 8 heteroatoms. The number of aromatic nitrogens is 1. The largest absolute Gasteiger partial charge is 0.417 e. The van der Waals surface area contributed by atoms with E-state index >= 15 is 0 Å². The number of alkyl halides is 3. The Morgan fingerprint density at radius 3 is 2.72 bits per heavy atom. The Kier molecular flexibility index (Phi) is 5.55. The SMILES string of the molecule is O=C(C[C@@H]1C[C@@H]1c1ccc(Br)cc1)N[C@@H]1CCN(c2cncc(C(F)(F)F)c2)C1. The van der Waals surface area contributed by atoms with Gasteiger partial charge in [-0.2, -0.15) is 13.2 Å². The number of halogens is 4.